The van der Waals surface area contributed by atoms with E-state index < -0.39 is 5.97 Å². The van der Waals surface area contributed by atoms with E-state index in [9.17, 15) is 19.2 Å². The number of hydrogen-bond donors (Lipinski definition) is 4. The van der Waals surface area contributed by atoms with Crippen LogP contribution < -0.4 is 16.0 Å². The minimum Gasteiger partial charge on any atom is -0.478 e. The molecule has 57 heavy (non-hydrogen) atoms. The summed E-state index contributed by atoms with van der Waals surface area (Å²) < 4.78 is 13.6. The number of thiophene rings is 2. The van der Waals surface area contributed by atoms with Gasteiger partial charge in [-0.3, -0.25) is 14.4 Å². The fourth-order valence-corrected chi connectivity index (χ4v) is 8.28. The lowest BCUT2D eigenvalue weighted by Gasteiger charge is -2.38. The van der Waals surface area contributed by atoms with Gasteiger partial charge in [-0.25, -0.2) is 14.8 Å². The van der Waals surface area contributed by atoms with Gasteiger partial charge in [0.2, 0.25) is 17.7 Å². The number of aliphatic carboxylic acids is 1. The van der Waals surface area contributed by atoms with Crippen LogP contribution in [0.25, 0.3) is 12.2 Å². The van der Waals surface area contributed by atoms with Crippen LogP contribution in [0.15, 0.2) is 68.5 Å². The molecule has 0 radical (unpaired) electrons. The molecule has 13 nitrogen and oxygen atoms in total. The number of rotatable bonds is 10. The number of amides is 3. The van der Waals surface area contributed by atoms with Gasteiger partial charge in [0.15, 0.2) is 0 Å². The molecule has 0 aliphatic carbocycles. The Bertz CT molecular complexity index is 2090. The molecular formula is C38H40Br2Cl2N6O7S2. The molecule has 4 aliphatic heterocycles. The van der Waals surface area contributed by atoms with Crippen LogP contribution in [-0.4, -0.2) is 82.1 Å². The maximum absolute atomic E-state index is 12.3. The van der Waals surface area contributed by atoms with Gasteiger partial charge in [-0.05, 0) is 103 Å². The second kappa shape index (κ2) is 22.6. The zero-order valence-corrected chi connectivity index (χ0v) is 36.7. The molecule has 19 heteroatoms. The molecule has 0 aromatic carbocycles. The molecule has 3 amide bonds. The topological polar surface area (TPSA) is 172 Å². The number of carbonyl (C=O) groups is 4. The predicted molar refractivity (Wildman–Crippen MR) is 233 cm³/mol. The normalized spacial score (nSPS) is 15.9. The molecular weight excluding hydrogens is 947 g/mol. The number of carboxylic acids is 1. The van der Waals surface area contributed by atoms with E-state index in [1.165, 1.54) is 22.0 Å². The molecule has 0 saturated carbocycles. The molecule has 4 aromatic rings. The first-order valence-electron chi connectivity index (χ1n) is 17.4. The SMILES string of the molecule is Brc1csc(COC2CNC2)c1.Cl.Cl.O=C(O)/C=C/c1cnc2c(c1)CCC(=O)N2.O=C1CCc2cc(/C=C/C(=O)N3CC(OCc4cc(Br)cs4)C3)cnc2N1. The summed E-state index contributed by atoms with van der Waals surface area (Å²) in [7, 11) is 0. The Morgan fingerprint density at radius 3 is 1.70 bits per heavy atom. The van der Waals surface area contributed by atoms with Crippen molar-refractivity contribution in [1.82, 2.24) is 20.2 Å². The van der Waals surface area contributed by atoms with Crippen LogP contribution in [0.5, 0.6) is 0 Å². The highest BCUT2D eigenvalue weighted by molar-refractivity contribution is 9.10. The summed E-state index contributed by atoms with van der Waals surface area (Å²) in [6, 6.07) is 7.96. The van der Waals surface area contributed by atoms with Gasteiger partial charge in [-0.15, -0.1) is 47.5 Å². The van der Waals surface area contributed by atoms with E-state index in [2.05, 4.69) is 69.2 Å². The zero-order valence-electron chi connectivity index (χ0n) is 30.3. The molecule has 4 N–H and O–H groups in total. The Morgan fingerprint density at radius 2 is 1.26 bits per heavy atom. The molecule has 4 aliphatic rings. The van der Waals surface area contributed by atoms with Crippen LogP contribution in [0.2, 0.25) is 0 Å². The maximum Gasteiger partial charge on any atom is 0.328 e. The van der Waals surface area contributed by atoms with Crippen LogP contribution in [0.1, 0.15) is 44.8 Å². The Balaban J connectivity index is 0.000000204. The molecule has 0 unspecified atom stereocenters. The second-order valence-corrected chi connectivity index (χ2v) is 16.7. The number of ether oxygens (including phenoxy) is 2. The average Bonchev–Trinajstić information content (AvgIpc) is 3.75. The first-order chi connectivity index (χ1) is 26.6. The van der Waals surface area contributed by atoms with Crippen LogP contribution in [0.4, 0.5) is 11.6 Å². The van der Waals surface area contributed by atoms with Crippen molar-refractivity contribution in [3.63, 3.8) is 0 Å². The Morgan fingerprint density at radius 1 is 0.772 bits per heavy atom. The highest BCUT2D eigenvalue weighted by Gasteiger charge is 2.30. The lowest BCUT2D eigenvalue weighted by Crippen LogP contribution is -2.54. The van der Waals surface area contributed by atoms with E-state index in [1.807, 2.05) is 23.6 Å². The quantitative estimate of drug-likeness (QED) is 0.120. The minimum absolute atomic E-state index is 0. The van der Waals surface area contributed by atoms with Gasteiger partial charge < -0.3 is 35.4 Å². The van der Waals surface area contributed by atoms with E-state index in [0.717, 1.165) is 57.0 Å². The number of nitrogens with one attached hydrogen (secondary N) is 3. The van der Waals surface area contributed by atoms with Gasteiger partial charge in [0.25, 0.3) is 0 Å². The molecule has 2 saturated heterocycles. The van der Waals surface area contributed by atoms with E-state index in [4.69, 9.17) is 14.6 Å². The van der Waals surface area contributed by atoms with Crippen molar-refractivity contribution >= 4 is 127 Å². The summed E-state index contributed by atoms with van der Waals surface area (Å²) in [6.07, 6.45) is 11.8. The number of halogens is 4. The summed E-state index contributed by atoms with van der Waals surface area (Å²) in [5.41, 5.74) is 3.51. The summed E-state index contributed by atoms with van der Waals surface area (Å²) in [6.45, 7) is 4.58. The smallest absolute Gasteiger partial charge is 0.328 e. The maximum atomic E-state index is 12.3. The van der Waals surface area contributed by atoms with Gasteiger partial charge in [-0.2, -0.15) is 0 Å². The van der Waals surface area contributed by atoms with Gasteiger partial charge in [0, 0.05) is 93.0 Å². The van der Waals surface area contributed by atoms with Crippen molar-refractivity contribution in [2.75, 3.05) is 36.8 Å². The third-order valence-corrected chi connectivity index (χ3v) is 12.0. The van der Waals surface area contributed by atoms with E-state index in [0.29, 0.717) is 63.1 Å². The van der Waals surface area contributed by atoms with Gasteiger partial charge in [0.05, 0.1) is 25.4 Å². The zero-order chi connectivity index (χ0) is 38.7. The Hall–Kier alpha value is -3.52. The van der Waals surface area contributed by atoms with E-state index in [1.54, 1.807) is 45.9 Å². The molecule has 304 valence electrons. The van der Waals surface area contributed by atoms with Crippen LogP contribution in [0.3, 0.4) is 0 Å². The number of carbonyl (C=O) groups excluding carboxylic acids is 3. The first-order valence-corrected chi connectivity index (χ1v) is 20.8. The third kappa shape index (κ3) is 14.4. The molecule has 4 aromatic heterocycles. The molecule has 8 heterocycles. The summed E-state index contributed by atoms with van der Waals surface area (Å²) in [5, 5.41) is 21.2. The van der Waals surface area contributed by atoms with Crippen molar-refractivity contribution in [3.05, 3.63) is 101 Å². The van der Waals surface area contributed by atoms with E-state index >= 15 is 0 Å². The van der Waals surface area contributed by atoms with Crippen LogP contribution in [0, 0.1) is 0 Å². The van der Waals surface area contributed by atoms with Crippen molar-refractivity contribution in [2.45, 2.75) is 51.1 Å². The lowest BCUT2D eigenvalue weighted by atomic mass is 10.0. The Labute approximate surface area is 366 Å². The molecule has 0 spiro atoms. The highest BCUT2D eigenvalue weighted by Crippen LogP contribution is 2.25. The Kier molecular flexibility index (Phi) is 18.3. The minimum atomic E-state index is -0.994. The fourth-order valence-electron chi connectivity index (χ4n) is 5.53. The third-order valence-electron chi connectivity index (χ3n) is 8.64. The number of fused-ring (bicyclic) bond motifs is 2. The average molecular weight is 988 g/mol. The molecule has 0 atom stereocenters. The lowest BCUT2D eigenvalue weighted by molar-refractivity contribution is -0.140. The van der Waals surface area contributed by atoms with Gasteiger partial charge in [-0.1, -0.05) is 0 Å². The molecule has 0 bridgehead atoms. The number of anilines is 2. The standard InChI is InChI=1S/C19H18BrN3O3S.C11H10N2O3.C8H10BrNOS.2ClH/c20-14-6-16(27-11-14)10-26-15-8-23(9-15)18(25)4-1-12-5-13-2-3-17(24)22-19(13)21-7-12;14-9-3-2-8-5-7(1-4-10(15)16)6-12-11(8)13-9;9-6-1-8(12-5-6)4-11-7-2-10-3-7;;/h1,4-7,11,15H,2-3,8-10H2,(H,21,22,24);1,4-6H,2-3H2,(H,15,16)(H,12,13,14);1,5,7,10H,2-4H2;2*1H/b2*4-1+;;;. The van der Waals surface area contributed by atoms with Gasteiger partial charge in [0.1, 0.15) is 11.6 Å². The van der Waals surface area contributed by atoms with Crippen molar-refractivity contribution in [1.29, 1.82) is 0 Å². The monoisotopic (exact) mass is 984 g/mol. The number of aryl methyl sites for hydroxylation is 2. The number of carboxylic acid groups (broad SMARTS) is 1. The summed E-state index contributed by atoms with van der Waals surface area (Å²) in [4.78, 5) is 57.6. The highest BCUT2D eigenvalue weighted by atomic mass is 79.9. The van der Waals surface area contributed by atoms with Gasteiger partial charge >= 0.3 is 5.97 Å². The largest absolute Gasteiger partial charge is 0.478 e. The molecule has 8 rings (SSSR count). The molecule has 2 fully saturated rings. The first kappa shape index (κ1) is 46.2. The second-order valence-electron chi connectivity index (χ2n) is 12.9. The predicted octanol–water partition coefficient (Wildman–Crippen LogP) is 7.14. The van der Waals surface area contributed by atoms with Crippen molar-refractivity contribution in [3.8, 4) is 0 Å². The van der Waals surface area contributed by atoms with E-state index in [-0.39, 0.29) is 48.6 Å². The summed E-state index contributed by atoms with van der Waals surface area (Å²) >= 11 is 10.2. The number of hydrogen-bond acceptors (Lipinski definition) is 11. The van der Waals surface area contributed by atoms with Crippen molar-refractivity contribution < 1.29 is 33.8 Å². The van der Waals surface area contributed by atoms with Crippen LogP contribution in [-0.2, 0) is 54.7 Å². The number of pyridine rings is 2. The summed E-state index contributed by atoms with van der Waals surface area (Å²) in [5.74, 6) is 0.133. The number of nitrogens with zero attached hydrogens (tertiary/aromatic N) is 3. The number of likely N-dealkylation sites (tertiary alicyclic amines) is 1. The fraction of sp³-hybridized carbons (Fsp3) is 0.316. The van der Waals surface area contributed by atoms with Crippen molar-refractivity contribution in [2.24, 2.45) is 0 Å². The number of aromatic nitrogens is 2. The van der Waals surface area contributed by atoms with Crippen LogP contribution >= 0.6 is 79.3 Å².